The van der Waals surface area contributed by atoms with E-state index in [0.717, 1.165) is 28.4 Å². The molecule has 0 amide bonds. The molecule has 0 spiro atoms. The molecule has 1 aliphatic rings. The molecule has 1 unspecified atom stereocenters. The number of nitrogens with one attached hydrogen (secondary N) is 1. The maximum absolute atomic E-state index is 6.42. The maximum Gasteiger partial charge on any atom is 0.0449 e. The highest BCUT2D eigenvalue weighted by Crippen LogP contribution is 2.34. The number of halogens is 2. The van der Waals surface area contributed by atoms with Crippen LogP contribution in [0.15, 0.2) is 22.7 Å². The Hall–Kier alpha value is -0.0500. The van der Waals surface area contributed by atoms with Crippen LogP contribution < -0.4 is 5.32 Å². The second-order valence-corrected chi connectivity index (χ2v) is 8.70. The van der Waals surface area contributed by atoms with E-state index in [1.54, 1.807) is 0 Å². The SMILES string of the molecule is CC(C)(C)NCC(Cc1ccc(Br)cc1Cl)C1CCCC1. The summed E-state index contributed by atoms with van der Waals surface area (Å²) in [6, 6.07) is 6.29. The smallest absolute Gasteiger partial charge is 0.0449 e. The normalized spacial score (nSPS) is 18.1. The van der Waals surface area contributed by atoms with Crippen LogP contribution in [0.5, 0.6) is 0 Å². The predicted octanol–water partition coefficient (Wildman–Crippen LogP) is 5.84. The van der Waals surface area contributed by atoms with Crippen LogP contribution in [0.2, 0.25) is 5.02 Å². The van der Waals surface area contributed by atoms with Gasteiger partial charge in [0, 0.05) is 15.0 Å². The average molecular weight is 373 g/mol. The van der Waals surface area contributed by atoms with Gasteiger partial charge in [0.05, 0.1) is 0 Å². The minimum Gasteiger partial charge on any atom is -0.312 e. The van der Waals surface area contributed by atoms with Gasteiger partial charge in [0.15, 0.2) is 0 Å². The lowest BCUT2D eigenvalue weighted by Gasteiger charge is -2.29. The van der Waals surface area contributed by atoms with Crippen LogP contribution in [-0.2, 0) is 6.42 Å². The fourth-order valence-corrected chi connectivity index (χ4v) is 3.99. The number of hydrogen-bond donors (Lipinski definition) is 1. The molecule has 1 aliphatic carbocycles. The molecular weight excluding hydrogens is 346 g/mol. The van der Waals surface area contributed by atoms with E-state index in [4.69, 9.17) is 11.6 Å². The molecular formula is C18H27BrClN. The molecule has 1 atom stereocenters. The van der Waals surface area contributed by atoms with Crippen LogP contribution in [0.3, 0.4) is 0 Å². The predicted molar refractivity (Wildman–Crippen MR) is 96.1 cm³/mol. The molecule has 3 heteroatoms. The quantitative estimate of drug-likeness (QED) is 0.684. The molecule has 0 heterocycles. The second kappa shape index (κ2) is 7.48. The zero-order chi connectivity index (χ0) is 15.5. The molecule has 0 aromatic heterocycles. The molecule has 21 heavy (non-hydrogen) atoms. The minimum absolute atomic E-state index is 0.181. The second-order valence-electron chi connectivity index (χ2n) is 7.38. The third-order valence-electron chi connectivity index (χ3n) is 4.46. The van der Waals surface area contributed by atoms with E-state index in [1.165, 1.54) is 31.2 Å². The van der Waals surface area contributed by atoms with Gasteiger partial charge in [-0.05, 0) is 63.3 Å². The van der Waals surface area contributed by atoms with E-state index in [1.807, 2.05) is 6.07 Å². The van der Waals surface area contributed by atoms with Gasteiger partial charge in [-0.2, -0.15) is 0 Å². The highest BCUT2D eigenvalue weighted by molar-refractivity contribution is 9.10. The van der Waals surface area contributed by atoms with Crippen molar-refractivity contribution < 1.29 is 0 Å². The highest BCUT2D eigenvalue weighted by Gasteiger charge is 2.26. The monoisotopic (exact) mass is 371 g/mol. The Balaban J connectivity index is 2.07. The van der Waals surface area contributed by atoms with Crippen LogP contribution in [0, 0.1) is 11.8 Å². The van der Waals surface area contributed by atoms with Gasteiger partial charge >= 0.3 is 0 Å². The van der Waals surface area contributed by atoms with E-state index in [-0.39, 0.29) is 5.54 Å². The number of hydrogen-bond acceptors (Lipinski definition) is 1. The first-order chi connectivity index (χ1) is 9.85. The molecule has 1 saturated carbocycles. The first-order valence-corrected chi connectivity index (χ1v) is 9.21. The van der Waals surface area contributed by atoms with Gasteiger partial charge < -0.3 is 5.32 Å². The van der Waals surface area contributed by atoms with Gasteiger partial charge in [0.1, 0.15) is 0 Å². The van der Waals surface area contributed by atoms with Crippen LogP contribution in [0.25, 0.3) is 0 Å². The van der Waals surface area contributed by atoms with Gasteiger partial charge in [-0.1, -0.05) is 59.3 Å². The van der Waals surface area contributed by atoms with E-state index in [0.29, 0.717) is 5.92 Å². The van der Waals surface area contributed by atoms with Crippen LogP contribution >= 0.6 is 27.5 Å². The summed E-state index contributed by atoms with van der Waals surface area (Å²) in [6.07, 6.45) is 6.63. The zero-order valence-electron chi connectivity index (χ0n) is 13.4. The summed E-state index contributed by atoms with van der Waals surface area (Å²) >= 11 is 9.91. The third-order valence-corrected chi connectivity index (χ3v) is 5.30. The fourth-order valence-electron chi connectivity index (χ4n) is 3.24. The van der Waals surface area contributed by atoms with Crippen molar-refractivity contribution in [3.8, 4) is 0 Å². The van der Waals surface area contributed by atoms with Gasteiger partial charge in [-0.3, -0.25) is 0 Å². The minimum atomic E-state index is 0.181. The Labute approximate surface area is 143 Å². The van der Waals surface area contributed by atoms with Crippen LogP contribution in [0.1, 0.15) is 52.0 Å². The summed E-state index contributed by atoms with van der Waals surface area (Å²) < 4.78 is 1.06. The fraction of sp³-hybridized carbons (Fsp3) is 0.667. The number of rotatable bonds is 5. The molecule has 0 radical (unpaired) electrons. The lowest BCUT2D eigenvalue weighted by Crippen LogP contribution is -2.41. The molecule has 1 nitrogen and oxygen atoms in total. The molecule has 0 saturated heterocycles. The van der Waals surface area contributed by atoms with E-state index in [9.17, 15) is 0 Å². The summed E-state index contributed by atoms with van der Waals surface area (Å²) in [7, 11) is 0. The van der Waals surface area contributed by atoms with E-state index < -0.39 is 0 Å². The Kier molecular flexibility index (Phi) is 6.16. The molecule has 1 fully saturated rings. The summed E-state index contributed by atoms with van der Waals surface area (Å²) in [5, 5.41) is 4.59. The molecule has 0 aliphatic heterocycles. The lowest BCUT2D eigenvalue weighted by atomic mass is 9.85. The summed E-state index contributed by atoms with van der Waals surface area (Å²) in [6.45, 7) is 7.81. The highest BCUT2D eigenvalue weighted by atomic mass is 79.9. The topological polar surface area (TPSA) is 12.0 Å². The van der Waals surface area contributed by atoms with Crippen molar-refractivity contribution in [2.45, 2.75) is 58.4 Å². The molecule has 2 rings (SSSR count). The van der Waals surface area contributed by atoms with Crippen molar-refractivity contribution in [3.63, 3.8) is 0 Å². The molecule has 118 valence electrons. The molecule has 1 aromatic carbocycles. The van der Waals surface area contributed by atoms with Crippen molar-refractivity contribution in [1.82, 2.24) is 5.32 Å². The molecule has 1 N–H and O–H groups in total. The Morgan fingerprint density at radius 3 is 2.52 bits per heavy atom. The third kappa shape index (κ3) is 5.58. The molecule has 0 bridgehead atoms. The Bertz CT molecular complexity index is 461. The van der Waals surface area contributed by atoms with Crippen LogP contribution in [0.4, 0.5) is 0 Å². The molecule has 1 aromatic rings. The standard InChI is InChI=1S/C18H27BrClN/c1-18(2,3)21-12-15(13-6-4-5-7-13)10-14-8-9-16(19)11-17(14)20/h8-9,11,13,15,21H,4-7,10,12H2,1-3H3. The summed E-state index contributed by atoms with van der Waals surface area (Å²) in [5.41, 5.74) is 1.47. The van der Waals surface area contributed by atoms with Crippen molar-refractivity contribution in [1.29, 1.82) is 0 Å². The van der Waals surface area contributed by atoms with E-state index >= 15 is 0 Å². The maximum atomic E-state index is 6.42. The Morgan fingerprint density at radius 1 is 1.29 bits per heavy atom. The van der Waals surface area contributed by atoms with Crippen molar-refractivity contribution in [2.24, 2.45) is 11.8 Å². The van der Waals surface area contributed by atoms with Crippen molar-refractivity contribution in [2.75, 3.05) is 6.54 Å². The number of benzene rings is 1. The Morgan fingerprint density at radius 2 is 1.95 bits per heavy atom. The first kappa shape index (κ1) is 17.3. The largest absolute Gasteiger partial charge is 0.312 e. The van der Waals surface area contributed by atoms with Crippen molar-refractivity contribution in [3.05, 3.63) is 33.3 Å². The zero-order valence-corrected chi connectivity index (χ0v) is 15.7. The average Bonchev–Trinajstić information content (AvgIpc) is 2.89. The summed E-state index contributed by atoms with van der Waals surface area (Å²) in [4.78, 5) is 0. The van der Waals surface area contributed by atoms with Gasteiger partial charge in [0.25, 0.3) is 0 Å². The van der Waals surface area contributed by atoms with Gasteiger partial charge in [-0.15, -0.1) is 0 Å². The lowest BCUT2D eigenvalue weighted by molar-refractivity contribution is 0.286. The first-order valence-electron chi connectivity index (χ1n) is 8.04. The van der Waals surface area contributed by atoms with Gasteiger partial charge in [-0.25, -0.2) is 0 Å². The van der Waals surface area contributed by atoms with Gasteiger partial charge in [0.2, 0.25) is 0 Å². The summed E-state index contributed by atoms with van der Waals surface area (Å²) in [5.74, 6) is 1.53. The van der Waals surface area contributed by atoms with Crippen molar-refractivity contribution >= 4 is 27.5 Å². The van der Waals surface area contributed by atoms with E-state index in [2.05, 4.69) is 54.2 Å². The van der Waals surface area contributed by atoms with Crippen LogP contribution in [-0.4, -0.2) is 12.1 Å².